The molecule has 2 aromatic carbocycles. The molecular weight excluding hydrogens is 514 g/mol. The van der Waals surface area contributed by atoms with Crippen molar-refractivity contribution in [3.63, 3.8) is 0 Å². The van der Waals surface area contributed by atoms with Gasteiger partial charge in [0.1, 0.15) is 18.6 Å². The summed E-state index contributed by atoms with van der Waals surface area (Å²) < 4.78 is 130. The van der Waals surface area contributed by atoms with E-state index in [0.717, 1.165) is 0 Å². The van der Waals surface area contributed by atoms with Crippen LogP contribution in [-0.2, 0) is 24.5 Å². The van der Waals surface area contributed by atoms with Gasteiger partial charge in [0.15, 0.2) is 0 Å². The van der Waals surface area contributed by atoms with Gasteiger partial charge < -0.3 is 5.32 Å². The molecule has 2 aromatic rings. The minimum atomic E-state index is -6.31. The molecule has 14 heteroatoms. The van der Waals surface area contributed by atoms with Crippen molar-refractivity contribution < 1.29 is 52.5 Å². The maximum Gasteiger partial charge on any atom is 0.523 e. The van der Waals surface area contributed by atoms with Gasteiger partial charge >= 0.3 is 21.8 Å². The van der Waals surface area contributed by atoms with E-state index < -0.39 is 65.0 Å². The summed E-state index contributed by atoms with van der Waals surface area (Å²) in [6, 6.07) is 11.9. The summed E-state index contributed by atoms with van der Waals surface area (Å²) in [4.78, 5) is 13.2. The van der Waals surface area contributed by atoms with Crippen molar-refractivity contribution in [3.05, 3.63) is 59.7 Å². The van der Waals surface area contributed by atoms with Crippen molar-refractivity contribution in [2.24, 2.45) is 0 Å². The first-order chi connectivity index (χ1) is 16.0. The van der Waals surface area contributed by atoms with Crippen LogP contribution in [0.2, 0.25) is 0 Å². The summed E-state index contributed by atoms with van der Waals surface area (Å²) in [6.07, 6.45) is -7.03. The average molecular weight is 531 g/mol. The normalized spacial score (nSPS) is 15.4. The van der Waals surface area contributed by atoms with Gasteiger partial charge in [-0.3, -0.25) is 8.98 Å². The zero-order chi connectivity index (χ0) is 26.3. The molecule has 35 heavy (non-hydrogen) atoms. The third-order valence-corrected chi connectivity index (χ3v) is 6.47. The number of fused-ring (bicyclic) bond motifs is 3. The van der Waals surface area contributed by atoms with E-state index in [1.807, 2.05) is 0 Å². The van der Waals surface area contributed by atoms with Crippen LogP contribution < -0.4 is 5.32 Å². The highest BCUT2D eigenvalue weighted by Gasteiger charge is 2.52. The number of hydrogen-bond acceptors (Lipinski definition) is 4. The van der Waals surface area contributed by atoms with Crippen LogP contribution in [-0.4, -0.2) is 45.1 Å². The van der Waals surface area contributed by atoms with Gasteiger partial charge in [-0.2, -0.15) is 34.8 Å². The fourth-order valence-electron chi connectivity index (χ4n) is 3.96. The average Bonchev–Trinajstić information content (AvgIpc) is 3.05. The van der Waals surface area contributed by atoms with Gasteiger partial charge in [-0.15, -0.1) is 0 Å². The van der Waals surface area contributed by atoms with Crippen LogP contribution in [0.3, 0.4) is 0 Å². The Morgan fingerprint density at radius 3 is 1.80 bits per heavy atom. The lowest BCUT2D eigenvalue weighted by Crippen LogP contribution is -2.48. The molecule has 3 rings (SSSR count). The number of carbonyl (C=O) groups is 1. The lowest BCUT2D eigenvalue weighted by molar-refractivity contribution is -0.141. The molecule has 0 aromatic heterocycles. The van der Waals surface area contributed by atoms with E-state index >= 15 is 0 Å². The van der Waals surface area contributed by atoms with Crippen LogP contribution in [0.5, 0.6) is 0 Å². The van der Waals surface area contributed by atoms with Crippen molar-refractivity contribution in [1.29, 1.82) is 0 Å². The Labute approximate surface area is 194 Å². The Balaban J connectivity index is 1.98. The van der Waals surface area contributed by atoms with Gasteiger partial charge in [-0.05, 0) is 28.7 Å². The van der Waals surface area contributed by atoms with E-state index in [9.17, 15) is 48.3 Å². The summed E-state index contributed by atoms with van der Waals surface area (Å²) in [5, 5.41) is 1.71. The van der Waals surface area contributed by atoms with Gasteiger partial charge in [-0.25, -0.2) is 8.78 Å². The summed E-state index contributed by atoms with van der Waals surface area (Å²) in [5.41, 5.74) is -6.91. The largest absolute Gasteiger partial charge is 0.523 e. The number of rotatable bonds is 8. The van der Waals surface area contributed by atoms with E-state index in [0.29, 0.717) is 11.1 Å². The zero-order valence-corrected chi connectivity index (χ0v) is 18.3. The second kappa shape index (κ2) is 9.04. The second-order valence-corrected chi connectivity index (χ2v) is 9.42. The summed E-state index contributed by atoms with van der Waals surface area (Å²) in [7, 11) is -6.31. The number of alkyl halides is 8. The zero-order valence-electron chi connectivity index (χ0n) is 17.5. The molecule has 0 radical (unpaired) electrons. The second-order valence-electron chi connectivity index (χ2n) is 7.81. The van der Waals surface area contributed by atoms with E-state index in [1.165, 1.54) is 24.3 Å². The molecule has 0 bridgehead atoms. The van der Waals surface area contributed by atoms with Gasteiger partial charge in [0.25, 0.3) is 5.92 Å². The number of carbonyl (C=O) groups excluding carboxylic acids is 1. The number of hydrogen-bond donors (Lipinski definition) is 1. The molecule has 0 heterocycles. The summed E-state index contributed by atoms with van der Waals surface area (Å²) >= 11 is 0. The minimum absolute atomic E-state index is 0.125. The van der Waals surface area contributed by atoms with Crippen LogP contribution in [0.25, 0.3) is 11.1 Å². The van der Waals surface area contributed by atoms with Crippen LogP contribution >= 0.6 is 0 Å². The first kappa shape index (κ1) is 26.9. The summed E-state index contributed by atoms with van der Waals surface area (Å²) in [5.74, 6) is -5.42. The van der Waals surface area contributed by atoms with Crippen molar-refractivity contribution in [2.45, 2.75) is 35.9 Å². The fourth-order valence-corrected chi connectivity index (χ4v) is 4.42. The predicted octanol–water partition coefficient (Wildman–Crippen LogP) is 4.91. The van der Waals surface area contributed by atoms with Crippen molar-refractivity contribution in [3.8, 4) is 11.1 Å². The monoisotopic (exact) mass is 531 g/mol. The molecule has 5 nitrogen and oxygen atoms in total. The standard InChI is InChI=1S/C21H17F8NO4S/c22-18(23,12-34-35(32,33)21(27,28)29)9-10-19(17(31)30-11-20(24,25)26)15-7-3-1-5-13(15)14-6-2-4-8-16(14)19/h1-8H,9-12H2,(H,30,31). The Bertz CT molecular complexity index is 1160. The summed E-state index contributed by atoms with van der Waals surface area (Å²) in [6.45, 7) is -3.92. The fraction of sp³-hybridized carbons (Fsp3) is 0.381. The Hall–Kier alpha value is -2.74. The van der Waals surface area contributed by atoms with E-state index in [4.69, 9.17) is 0 Å². The Kier molecular flexibility index (Phi) is 6.94. The first-order valence-corrected chi connectivity index (χ1v) is 11.3. The predicted molar refractivity (Wildman–Crippen MR) is 107 cm³/mol. The van der Waals surface area contributed by atoms with Crippen LogP contribution in [0, 0.1) is 0 Å². The van der Waals surface area contributed by atoms with E-state index in [-0.39, 0.29) is 11.1 Å². The van der Waals surface area contributed by atoms with Gasteiger partial charge in [0.2, 0.25) is 5.91 Å². The molecule has 0 spiro atoms. The number of halogens is 8. The topological polar surface area (TPSA) is 72.5 Å². The maximum atomic E-state index is 14.5. The first-order valence-electron chi connectivity index (χ1n) is 9.88. The Morgan fingerprint density at radius 2 is 1.34 bits per heavy atom. The van der Waals surface area contributed by atoms with Gasteiger partial charge in [0, 0.05) is 6.42 Å². The highest BCUT2D eigenvalue weighted by Crippen LogP contribution is 2.52. The molecule has 1 N–H and O–H groups in total. The number of benzene rings is 2. The van der Waals surface area contributed by atoms with E-state index in [1.54, 1.807) is 29.6 Å². The van der Waals surface area contributed by atoms with Crippen LogP contribution in [0.4, 0.5) is 35.1 Å². The highest BCUT2D eigenvalue weighted by molar-refractivity contribution is 7.87. The van der Waals surface area contributed by atoms with E-state index in [2.05, 4.69) is 4.18 Å². The van der Waals surface area contributed by atoms with Gasteiger partial charge in [-0.1, -0.05) is 48.5 Å². The van der Waals surface area contributed by atoms with Crippen molar-refractivity contribution in [1.82, 2.24) is 5.32 Å². The molecule has 0 unspecified atom stereocenters. The molecule has 1 aliphatic rings. The Morgan fingerprint density at radius 1 is 0.857 bits per heavy atom. The maximum absolute atomic E-state index is 14.5. The molecule has 0 fully saturated rings. The molecule has 1 aliphatic carbocycles. The third-order valence-electron chi connectivity index (χ3n) is 5.48. The van der Waals surface area contributed by atoms with Crippen LogP contribution in [0.1, 0.15) is 24.0 Å². The molecule has 192 valence electrons. The molecule has 1 amide bonds. The molecule has 0 atom stereocenters. The lowest BCUT2D eigenvalue weighted by atomic mass is 9.73. The van der Waals surface area contributed by atoms with Gasteiger partial charge in [0.05, 0.1) is 0 Å². The quantitative estimate of drug-likeness (QED) is 0.299. The molecule has 0 saturated heterocycles. The van der Waals surface area contributed by atoms with Crippen molar-refractivity contribution in [2.75, 3.05) is 13.2 Å². The highest BCUT2D eigenvalue weighted by atomic mass is 32.2. The smallest absolute Gasteiger partial charge is 0.346 e. The molecule has 0 saturated carbocycles. The van der Waals surface area contributed by atoms with Crippen LogP contribution in [0.15, 0.2) is 48.5 Å². The third kappa shape index (κ3) is 5.42. The number of amides is 1. The number of nitrogens with one attached hydrogen (secondary N) is 1. The minimum Gasteiger partial charge on any atom is -0.346 e. The molecular formula is C21H17F8NO4S. The van der Waals surface area contributed by atoms with Crippen molar-refractivity contribution >= 4 is 16.0 Å². The molecule has 0 aliphatic heterocycles. The lowest BCUT2D eigenvalue weighted by Gasteiger charge is -2.32. The SMILES string of the molecule is O=C(NCC(F)(F)F)C1(CCC(F)(F)COS(=O)(=O)C(F)(F)F)c2ccccc2-c2ccccc21.